The Labute approximate surface area is 110 Å². The zero-order valence-corrected chi connectivity index (χ0v) is 11.3. The van der Waals surface area contributed by atoms with Crippen molar-refractivity contribution in [3.63, 3.8) is 0 Å². The lowest BCUT2D eigenvalue weighted by Crippen LogP contribution is -2.20. The summed E-state index contributed by atoms with van der Waals surface area (Å²) in [5.74, 6) is 0.195. The molecule has 17 heavy (non-hydrogen) atoms. The van der Waals surface area contributed by atoms with Gasteiger partial charge in [-0.2, -0.15) is 0 Å². The quantitative estimate of drug-likeness (QED) is 0.857. The van der Waals surface area contributed by atoms with E-state index in [1.807, 2.05) is 0 Å². The fourth-order valence-electron chi connectivity index (χ4n) is 2.23. The summed E-state index contributed by atoms with van der Waals surface area (Å²) in [7, 11) is 0.881. The van der Waals surface area contributed by atoms with Gasteiger partial charge in [-0.15, -0.1) is 0 Å². The van der Waals surface area contributed by atoms with Crippen molar-refractivity contribution in [1.82, 2.24) is 0 Å². The summed E-state index contributed by atoms with van der Waals surface area (Å²) in [6.07, 6.45) is 1.68. The third-order valence-corrected chi connectivity index (χ3v) is 3.91. The van der Waals surface area contributed by atoms with Crippen LogP contribution in [0.15, 0.2) is 10.5 Å². The van der Waals surface area contributed by atoms with Gasteiger partial charge in [-0.1, -0.05) is 23.9 Å². The molecule has 0 spiro atoms. The number of benzene rings is 1. The van der Waals surface area contributed by atoms with Gasteiger partial charge in [-0.3, -0.25) is 4.79 Å². The summed E-state index contributed by atoms with van der Waals surface area (Å²) >= 11 is 3.58. The number of carboxylic acids is 1. The number of hydrogen-bond acceptors (Lipinski definition) is 2. The molecule has 0 radical (unpaired) electrons. The molecule has 1 aromatic carbocycles. The standard InChI is InChI=1S/C12H14BBrO3/c1-13-10-7(2-3-9(15)16)6-8-4-5-17-12(8)11(10)14/h6,13H,2-5H2,1H3,(H,15,16). The minimum absolute atomic E-state index is 0.180. The van der Waals surface area contributed by atoms with Crippen molar-refractivity contribution < 1.29 is 14.6 Å². The van der Waals surface area contributed by atoms with Gasteiger partial charge < -0.3 is 9.84 Å². The van der Waals surface area contributed by atoms with Crippen LogP contribution in [0.5, 0.6) is 5.75 Å². The second kappa shape index (κ2) is 5.13. The fraction of sp³-hybridized carbons (Fsp3) is 0.417. The maximum Gasteiger partial charge on any atom is 0.303 e. The number of carbonyl (C=O) groups is 1. The van der Waals surface area contributed by atoms with Crippen LogP contribution in [0.3, 0.4) is 0 Å². The Kier molecular flexibility index (Phi) is 3.77. The lowest BCUT2D eigenvalue weighted by Gasteiger charge is -2.13. The molecule has 90 valence electrons. The monoisotopic (exact) mass is 296 g/mol. The van der Waals surface area contributed by atoms with E-state index in [0.717, 1.165) is 36.1 Å². The molecule has 1 aliphatic heterocycles. The molecule has 0 unspecified atom stereocenters. The van der Waals surface area contributed by atoms with Crippen molar-refractivity contribution in [2.24, 2.45) is 0 Å². The van der Waals surface area contributed by atoms with Crippen molar-refractivity contribution in [3.05, 3.63) is 21.7 Å². The first-order chi connectivity index (χ1) is 8.13. The molecule has 2 rings (SSSR count). The molecule has 1 aliphatic rings. The van der Waals surface area contributed by atoms with E-state index < -0.39 is 5.97 Å². The van der Waals surface area contributed by atoms with Gasteiger partial charge in [0.1, 0.15) is 5.75 Å². The van der Waals surface area contributed by atoms with Gasteiger partial charge in [0.15, 0.2) is 7.28 Å². The zero-order valence-electron chi connectivity index (χ0n) is 9.75. The molecular formula is C12H14BBrO3. The van der Waals surface area contributed by atoms with E-state index in [4.69, 9.17) is 9.84 Å². The van der Waals surface area contributed by atoms with E-state index in [2.05, 4.69) is 28.8 Å². The Balaban J connectivity index is 2.37. The van der Waals surface area contributed by atoms with Gasteiger partial charge in [0.25, 0.3) is 0 Å². The highest BCUT2D eigenvalue weighted by Crippen LogP contribution is 2.33. The van der Waals surface area contributed by atoms with E-state index in [1.165, 1.54) is 11.0 Å². The normalized spacial score (nSPS) is 13.1. The van der Waals surface area contributed by atoms with Gasteiger partial charge in [-0.25, -0.2) is 0 Å². The molecule has 0 amide bonds. The van der Waals surface area contributed by atoms with Crippen molar-refractivity contribution in [3.8, 4) is 5.75 Å². The van der Waals surface area contributed by atoms with Crippen LogP contribution in [0.1, 0.15) is 17.5 Å². The Bertz CT molecular complexity index is 460. The number of aliphatic carboxylic acids is 1. The van der Waals surface area contributed by atoms with E-state index in [0.29, 0.717) is 6.42 Å². The minimum Gasteiger partial charge on any atom is -0.492 e. The molecule has 3 nitrogen and oxygen atoms in total. The third-order valence-electron chi connectivity index (χ3n) is 3.07. The summed E-state index contributed by atoms with van der Waals surface area (Å²) in [6.45, 7) is 2.80. The van der Waals surface area contributed by atoms with Crippen LogP contribution in [0, 0.1) is 0 Å². The van der Waals surface area contributed by atoms with Crippen molar-refractivity contribution in [2.45, 2.75) is 26.1 Å². The molecule has 0 atom stereocenters. The van der Waals surface area contributed by atoms with Gasteiger partial charge in [0.2, 0.25) is 0 Å². The fourth-order valence-corrected chi connectivity index (χ4v) is 3.14. The van der Waals surface area contributed by atoms with Gasteiger partial charge in [0.05, 0.1) is 11.1 Å². The van der Waals surface area contributed by atoms with Gasteiger partial charge in [0, 0.05) is 12.8 Å². The van der Waals surface area contributed by atoms with Crippen molar-refractivity contribution in [2.75, 3.05) is 6.61 Å². The third kappa shape index (κ3) is 2.49. The molecular weight excluding hydrogens is 283 g/mol. The predicted molar refractivity (Wildman–Crippen MR) is 71.9 cm³/mol. The average molecular weight is 297 g/mol. The lowest BCUT2D eigenvalue weighted by atomic mass is 9.69. The highest BCUT2D eigenvalue weighted by atomic mass is 79.9. The molecule has 0 fully saturated rings. The Hall–Kier alpha value is -0.965. The van der Waals surface area contributed by atoms with Gasteiger partial charge >= 0.3 is 5.97 Å². The molecule has 0 saturated carbocycles. The number of fused-ring (bicyclic) bond motifs is 1. The van der Waals surface area contributed by atoms with E-state index in [-0.39, 0.29) is 6.42 Å². The van der Waals surface area contributed by atoms with Crippen LogP contribution in [-0.2, 0) is 17.6 Å². The molecule has 1 N–H and O–H groups in total. The van der Waals surface area contributed by atoms with Crippen LogP contribution in [0.2, 0.25) is 6.82 Å². The first-order valence-corrected chi connectivity index (χ1v) is 6.60. The summed E-state index contributed by atoms with van der Waals surface area (Å²) in [5.41, 5.74) is 3.49. The highest BCUT2D eigenvalue weighted by molar-refractivity contribution is 9.10. The Morgan fingerprint density at radius 1 is 1.65 bits per heavy atom. The lowest BCUT2D eigenvalue weighted by molar-refractivity contribution is -0.136. The molecule has 0 aromatic heterocycles. The van der Waals surface area contributed by atoms with E-state index in [9.17, 15) is 4.79 Å². The van der Waals surface area contributed by atoms with Crippen LogP contribution < -0.4 is 10.2 Å². The summed E-state index contributed by atoms with van der Waals surface area (Å²) in [4.78, 5) is 10.7. The first kappa shape index (κ1) is 12.5. The Morgan fingerprint density at radius 2 is 2.41 bits per heavy atom. The van der Waals surface area contributed by atoms with Crippen LogP contribution in [0.4, 0.5) is 0 Å². The average Bonchev–Trinajstić information content (AvgIpc) is 2.74. The number of aryl methyl sites for hydroxylation is 1. The summed E-state index contributed by atoms with van der Waals surface area (Å²) < 4.78 is 6.60. The second-order valence-electron chi connectivity index (χ2n) is 4.16. The number of ether oxygens (including phenoxy) is 1. The van der Waals surface area contributed by atoms with E-state index in [1.54, 1.807) is 0 Å². The SMILES string of the molecule is CBc1c(CCC(=O)O)cc2c(c1Br)OCC2. The molecule has 0 saturated heterocycles. The first-order valence-electron chi connectivity index (χ1n) is 5.81. The number of rotatable bonds is 4. The van der Waals surface area contributed by atoms with Crippen LogP contribution >= 0.6 is 15.9 Å². The molecule has 0 bridgehead atoms. The van der Waals surface area contributed by atoms with E-state index >= 15 is 0 Å². The topological polar surface area (TPSA) is 46.5 Å². The Morgan fingerprint density at radius 3 is 3.06 bits per heavy atom. The second-order valence-corrected chi connectivity index (χ2v) is 4.96. The van der Waals surface area contributed by atoms with Crippen molar-refractivity contribution >= 4 is 34.6 Å². The smallest absolute Gasteiger partial charge is 0.303 e. The highest BCUT2D eigenvalue weighted by Gasteiger charge is 2.20. The predicted octanol–water partition coefficient (Wildman–Crippen LogP) is 1.51. The molecule has 5 heteroatoms. The minimum atomic E-state index is -0.750. The maximum absolute atomic E-state index is 10.7. The molecule has 1 heterocycles. The van der Waals surface area contributed by atoms with Gasteiger partial charge in [-0.05, 0) is 27.9 Å². The molecule has 0 aliphatic carbocycles. The van der Waals surface area contributed by atoms with Crippen molar-refractivity contribution in [1.29, 1.82) is 0 Å². The maximum atomic E-state index is 10.7. The van der Waals surface area contributed by atoms with Crippen LogP contribution in [-0.4, -0.2) is 25.0 Å². The zero-order chi connectivity index (χ0) is 12.4. The molecule has 1 aromatic rings. The number of carboxylic acid groups (broad SMARTS) is 1. The largest absolute Gasteiger partial charge is 0.492 e. The number of hydrogen-bond donors (Lipinski definition) is 1. The summed E-state index contributed by atoms with van der Waals surface area (Å²) in [5, 5.41) is 8.76. The summed E-state index contributed by atoms with van der Waals surface area (Å²) in [6, 6.07) is 2.11. The number of halogens is 1. The van der Waals surface area contributed by atoms with Crippen LogP contribution in [0.25, 0.3) is 0 Å².